The first kappa shape index (κ1) is 17.1. The number of amides is 1. The molecule has 0 aromatic carbocycles. The molecule has 1 amide bonds. The molecule has 2 aromatic rings. The van der Waals surface area contributed by atoms with E-state index in [9.17, 15) is 4.79 Å². The molecular formula is C19H24N2O2S. The van der Waals surface area contributed by atoms with E-state index in [0.717, 1.165) is 23.3 Å². The van der Waals surface area contributed by atoms with Crippen LogP contribution in [0.25, 0.3) is 0 Å². The average Bonchev–Trinajstić information content (AvgIpc) is 3.02. The minimum absolute atomic E-state index is 0.0762. The molecule has 0 spiro atoms. The first-order chi connectivity index (χ1) is 11.7. The molecule has 1 N–H and O–H groups in total. The lowest BCUT2D eigenvalue weighted by molar-refractivity contribution is 0.0737. The molecule has 2 heterocycles. The molecule has 0 bridgehead atoms. The van der Waals surface area contributed by atoms with Crippen LogP contribution in [0.2, 0.25) is 0 Å². The number of pyridine rings is 1. The van der Waals surface area contributed by atoms with Crippen LogP contribution in [0.1, 0.15) is 45.4 Å². The summed E-state index contributed by atoms with van der Waals surface area (Å²) in [5, 5.41) is 9.15. The molecule has 1 aliphatic carbocycles. The minimum atomic E-state index is 0.0762. The Bertz CT molecular complexity index is 684. The topological polar surface area (TPSA) is 53.4 Å². The summed E-state index contributed by atoms with van der Waals surface area (Å²) < 4.78 is 0. The summed E-state index contributed by atoms with van der Waals surface area (Å²) in [6.45, 7) is 3.49. The Kier molecular flexibility index (Phi) is 5.63. The number of carbonyl (C=O) groups is 1. The molecule has 24 heavy (non-hydrogen) atoms. The molecule has 0 saturated heterocycles. The highest BCUT2D eigenvalue weighted by Gasteiger charge is 2.23. The quantitative estimate of drug-likeness (QED) is 0.875. The van der Waals surface area contributed by atoms with Crippen LogP contribution in [0.15, 0.2) is 30.6 Å². The molecule has 0 fully saturated rings. The van der Waals surface area contributed by atoms with Crippen LogP contribution < -0.4 is 0 Å². The molecular weight excluding hydrogens is 320 g/mol. The van der Waals surface area contributed by atoms with Gasteiger partial charge < -0.3 is 10.0 Å². The van der Waals surface area contributed by atoms with E-state index in [0.29, 0.717) is 25.4 Å². The maximum atomic E-state index is 13.0. The number of nitrogens with zero attached hydrogens (tertiary/aromatic N) is 2. The van der Waals surface area contributed by atoms with Crippen LogP contribution in [0.4, 0.5) is 0 Å². The molecule has 4 nitrogen and oxygen atoms in total. The van der Waals surface area contributed by atoms with E-state index >= 15 is 0 Å². The van der Waals surface area contributed by atoms with Gasteiger partial charge in [-0.05, 0) is 60.9 Å². The lowest BCUT2D eigenvalue weighted by atomic mass is 9.90. The van der Waals surface area contributed by atoms with Crippen LogP contribution in [-0.4, -0.2) is 34.0 Å². The van der Waals surface area contributed by atoms with E-state index in [-0.39, 0.29) is 12.5 Å². The van der Waals surface area contributed by atoms with Crippen LogP contribution in [0, 0.1) is 5.92 Å². The average molecular weight is 344 g/mol. The van der Waals surface area contributed by atoms with Gasteiger partial charge in [0.1, 0.15) is 0 Å². The Morgan fingerprint density at radius 3 is 2.96 bits per heavy atom. The number of hydrogen-bond donors (Lipinski definition) is 1. The summed E-state index contributed by atoms with van der Waals surface area (Å²) in [7, 11) is 0. The van der Waals surface area contributed by atoms with Gasteiger partial charge in [-0.2, -0.15) is 0 Å². The first-order valence-corrected chi connectivity index (χ1v) is 9.39. The number of hydrogen-bond acceptors (Lipinski definition) is 4. The lowest BCUT2D eigenvalue weighted by Crippen LogP contribution is -2.31. The van der Waals surface area contributed by atoms with Crippen molar-refractivity contribution in [2.24, 2.45) is 5.92 Å². The van der Waals surface area contributed by atoms with Gasteiger partial charge in [-0.3, -0.25) is 9.78 Å². The first-order valence-electron chi connectivity index (χ1n) is 8.58. The van der Waals surface area contributed by atoms with E-state index in [1.807, 2.05) is 17.0 Å². The van der Waals surface area contributed by atoms with E-state index in [1.54, 1.807) is 23.7 Å². The number of thiophene rings is 1. The number of carbonyl (C=O) groups excluding carboxylic acids is 1. The highest BCUT2D eigenvalue weighted by Crippen LogP contribution is 2.32. The molecule has 1 atom stereocenters. The molecule has 0 saturated carbocycles. The zero-order valence-electron chi connectivity index (χ0n) is 14.1. The normalized spacial score (nSPS) is 16.7. The third kappa shape index (κ3) is 4.02. The standard InChI is InChI=1S/C19H24N2O2S/c1-14-3-4-17-16(11-14)12-18(24-17)19(23)21(9-2-10-22)13-15-5-7-20-8-6-15/h5-8,12,14,22H,2-4,9-11,13H2,1H3/t14-/m0/s1. The number of fused-ring (bicyclic) bond motifs is 1. The predicted octanol–water partition coefficient (Wildman–Crippen LogP) is 3.29. The number of rotatable bonds is 6. The van der Waals surface area contributed by atoms with Crippen molar-refractivity contribution in [2.75, 3.05) is 13.2 Å². The minimum Gasteiger partial charge on any atom is -0.396 e. The van der Waals surface area contributed by atoms with Crippen LogP contribution in [0.5, 0.6) is 0 Å². The van der Waals surface area contributed by atoms with Crippen molar-refractivity contribution in [3.63, 3.8) is 0 Å². The second-order valence-electron chi connectivity index (χ2n) is 6.57. The highest BCUT2D eigenvalue weighted by molar-refractivity contribution is 7.14. The van der Waals surface area contributed by atoms with Gasteiger partial charge >= 0.3 is 0 Å². The Hall–Kier alpha value is -1.72. The van der Waals surface area contributed by atoms with Gasteiger partial charge in [-0.15, -0.1) is 11.3 Å². The van der Waals surface area contributed by atoms with E-state index in [4.69, 9.17) is 5.11 Å². The second-order valence-corrected chi connectivity index (χ2v) is 7.70. The summed E-state index contributed by atoms with van der Waals surface area (Å²) in [6, 6.07) is 5.96. The van der Waals surface area contributed by atoms with Gasteiger partial charge in [-0.1, -0.05) is 6.92 Å². The summed E-state index contributed by atoms with van der Waals surface area (Å²) in [6.07, 6.45) is 7.48. The Balaban J connectivity index is 1.78. The summed E-state index contributed by atoms with van der Waals surface area (Å²) >= 11 is 1.65. The van der Waals surface area contributed by atoms with E-state index in [1.165, 1.54) is 16.9 Å². The van der Waals surface area contributed by atoms with Gasteiger partial charge in [0.05, 0.1) is 4.88 Å². The molecule has 0 unspecified atom stereocenters. The van der Waals surface area contributed by atoms with Crippen molar-refractivity contribution >= 4 is 17.2 Å². The van der Waals surface area contributed by atoms with Crippen molar-refractivity contribution in [3.8, 4) is 0 Å². The number of aryl methyl sites for hydroxylation is 1. The van der Waals surface area contributed by atoms with Gasteiger partial charge in [0.25, 0.3) is 5.91 Å². The van der Waals surface area contributed by atoms with Crippen LogP contribution in [0.3, 0.4) is 0 Å². The lowest BCUT2D eigenvalue weighted by Gasteiger charge is -2.22. The van der Waals surface area contributed by atoms with Crippen molar-refractivity contribution in [1.82, 2.24) is 9.88 Å². The van der Waals surface area contributed by atoms with Crippen molar-refractivity contribution in [1.29, 1.82) is 0 Å². The Morgan fingerprint density at radius 2 is 2.21 bits per heavy atom. The number of aliphatic hydroxyl groups is 1. The fraction of sp³-hybridized carbons (Fsp3) is 0.474. The largest absolute Gasteiger partial charge is 0.396 e. The summed E-state index contributed by atoms with van der Waals surface area (Å²) in [5.41, 5.74) is 2.42. The van der Waals surface area contributed by atoms with Crippen LogP contribution in [-0.2, 0) is 19.4 Å². The smallest absolute Gasteiger partial charge is 0.264 e. The van der Waals surface area contributed by atoms with Crippen molar-refractivity contribution < 1.29 is 9.90 Å². The molecule has 0 radical (unpaired) electrons. The number of aromatic nitrogens is 1. The van der Waals surface area contributed by atoms with Crippen LogP contribution >= 0.6 is 11.3 Å². The molecule has 0 aliphatic heterocycles. The van der Waals surface area contributed by atoms with Crippen molar-refractivity contribution in [2.45, 2.75) is 39.2 Å². The van der Waals surface area contributed by atoms with E-state index < -0.39 is 0 Å². The fourth-order valence-corrected chi connectivity index (χ4v) is 4.37. The molecule has 128 valence electrons. The zero-order chi connectivity index (χ0) is 16.9. The number of aliphatic hydroxyl groups excluding tert-OH is 1. The molecule has 2 aromatic heterocycles. The SMILES string of the molecule is C[C@H]1CCc2sc(C(=O)N(CCCO)Cc3ccncc3)cc2C1. The van der Waals surface area contributed by atoms with E-state index in [2.05, 4.69) is 18.0 Å². The zero-order valence-corrected chi connectivity index (χ0v) is 14.9. The van der Waals surface area contributed by atoms with Gasteiger partial charge in [-0.25, -0.2) is 0 Å². The molecule has 5 heteroatoms. The van der Waals surface area contributed by atoms with Crippen molar-refractivity contribution in [3.05, 3.63) is 51.5 Å². The molecule has 1 aliphatic rings. The predicted molar refractivity (Wildman–Crippen MR) is 96.2 cm³/mol. The fourth-order valence-electron chi connectivity index (χ4n) is 3.19. The monoisotopic (exact) mass is 344 g/mol. The second kappa shape index (κ2) is 7.90. The van der Waals surface area contributed by atoms with Gasteiger partial charge in [0.2, 0.25) is 0 Å². The third-order valence-electron chi connectivity index (χ3n) is 4.54. The maximum Gasteiger partial charge on any atom is 0.264 e. The third-order valence-corrected chi connectivity index (χ3v) is 5.76. The van der Waals surface area contributed by atoms with Gasteiger partial charge in [0, 0.05) is 37.0 Å². The maximum absolute atomic E-state index is 13.0. The molecule has 3 rings (SSSR count). The summed E-state index contributed by atoms with van der Waals surface area (Å²) in [5.74, 6) is 0.782. The Labute approximate surface area is 147 Å². The summed E-state index contributed by atoms with van der Waals surface area (Å²) in [4.78, 5) is 21.1. The highest BCUT2D eigenvalue weighted by atomic mass is 32.1. The Morgan fingerprint density at radius 1 is 1.42 bits per heavy atom. The van der Waals surface area contributed by atoms with Gasteiger partial charge in [0.15, 0.2) is 0 Å².